The van der Waals surface area contributed by atoms with Crippen LogP contribution >= 0.6 is 0 Å². The van der Waals surface area contributed by atoms with E-state index < -0.39 is 5.97 Å². The molecule has 1 atom stereocenters. The van der Waals surface area contributed by atoms with Crippen LogP contribution in [0.2, 0.25) is 0 Å². The molecule has 0 saturated carbocycles. The van der Waals surface area contributed by atoms with E-state index in [1.807, 2.05) is 19.0 Å². The molecule has 6 heteroatoms. The Bertz CT molecular complexity index is 476. The van der Waals surface area contributed by atoms with Crippen LogP contribution < -0.4 is 4.90 Å². The molecule has 1 aliphatic rings. The highest BCUT2D eigenvalue weighted by molar-refractivity contribution is 5.86. The van der Waals surface area contributed by atoms with E-state index in [-0.39, 0.29) is 11.6 Å². The lowest BCUT2D eigenvalue weighted by Crippen LogP contribution is -2.32. The van der Waals surface area contributed by atoms with E-state index in [0.717, 1.165) is 25.9 Å². The highest BCUT2D eigenvalue weighted by atomic mass is 16.4. The Balaban J connectivity index is 2.35. The number of anilines is 1. The number of likely N-dealkylation sites (N-methyl/N-ethyl adjacent to an activating group) is 1. The molecule has 0 aliphatic carbocycles. The molecule has 2 heterocycles. The van der Waals surface area contributed by atoms with Gasteiger partial charge in [-0.15, -0.1) is 0 Å². The maximum absolute atomic E-state index is 11.2. The Hall–Kier alpha value is -1.69. The molecule has 1 unspecified atom stereocenters. The molecule has 1 N–H and O–H groups in total. The topological polar surface area (TPSA) is 69.6 Å². The van der Waals surface area contributed by atoms with Crippen LogP contribution in [0.3, 0.4) is 0 Å². The predicted octanol–water partition coefficient (Wildman–Crippen LogP) is 1.05. The highest BCUT2D eigenvalue weighted by Crippen LogP contribution is 2.25. The Morgan fingerprint density at radius 2 is 2.21 bits per heavy atom. The molecule has 1 aromatic rings. The van der Waals surface area contributed by atoms with Crippen molar-refractivity contribution in [1.29, 1.82) is 0 Å². The van der Waals surface area contributed by atoms with Crippen molar-refractivity contribution in [2.24, 2.45) is 0 Å². The van der Waals surface area contributed by atoms with Crippen LogP contribution in [0.15, 0.2) is 6.07 Å². The summed E-state index contributed by atoms with van der Waals surface area (Å²) in [6.07, 6.45) is 2.11. The number of hydrogen-bond acceptors (Lipinski definition) is 5. The molecule has 1 saturated heterocycles. The van der Waals surface area contributed by atoms with E-state index in [0.29, 0.717) is 11.6 Å². The first-order valence-corrected chi connectivity index (χ1v) is 6.45. The van der Waals surface area contributed by atoms with Crippen molar-refractivity contribution in [1.82, 2.24) is 14.9 Å². The minimum atomic E-state index is -1.00. The minimum absolute atomic E-state index is 0.0712. The van der Waals surface area contributed by atoms with Gasteiger partial charge in [0.2, 0.25) is 0 Å². The molecule has 0 aromatic carbocycles. The molecule has 1 fully saturated rings. The van der Waals surface area contributed by atoms with Crippen molar-refractivity contribution in [3.8, 4) is 0 Å². The van der Waals surface area contributed by atoms with E-state index in [1.54, 1.807) is 0 Å². The average Bonchev–Trinajstić information content (AvgIpc) is 2.38. The van der Waals surface area contributed by atoms with Crippen molar-refractivity contribution < 1.29 is 9.90 Å². The molecule has 0 amide bonds. The normalized spacial score (nSPS) is 20.3. The molecule has 1 aromatic heterocycles. The number of carboxylic acids is 1. The number of rotatable bonds is 3. The van der Waals surface area contributed by atoms with Crippen LogP contribution in [-0.4, -0.2) is 60.2 Å². The van der Waals surface area contributed by atoms with Gasteiger partial charge in [-0.1, -0.05) is 0 Å². The summed E-state index contributed by atoms with van der Waals surface area (Å²) in [6.45, 7) is 1.96. The Morgan fingerprint density at radius 3 is 2.79 bits per heavy atom. The lowest BCUT2D eigenvalue weighted by Gasteiger charge is -2.29. The number of carboxylic acid groups (broad SMARTS) is 1. The van der Waals surface area contributed by atoms with Gasteiger partial charge in [0.1, 0.15) is 11.6 Å². The zero-order valence-electron chi connectivity index (χ0n) is 11.6. The third-order valence-corrected chi connectivity index (χ3v) is 3.40. The quantitative estimate of drug-likeness (QED) is 0.880. The van der Waals surface area contributed by atoms with Gasteiger partial charge in [0.25, 0.3) is 0 Å². The van der Waals surface area contributed by atoms with E-state index in [1.165, 1.54) is 6.07 Å². The van der Waals surface area contributed by atoms with Gasteiger partial charge >= 0.3 is 5.97 Å². The van der Waals surface area contributed by atoms with Gasteiger partial charge in [-0.2, -0.15) is 0 Å². The summed E-state index contributed by atoms with van der Waals surface area (Å²) in [7, 11) is 5.77. The van der Waals surface area contributed by atoms with Crippen molar-refractivity contribution >= 4 is 11.8 Å². The largest absolute Gasteiger partial charge is 0.477 e. The van der Waals surface area contributed by atoms with Gasteiger partial charge in [-0.25, -0.2) is 14.8 Å². The second-order valence-electron chi connectivity index (χ2n) is 5.27. The number of carbonyl (C=O) groups is 1. The molecule has 104 valence electrons. The van der Waals surface area contributed by atoms with Crippen LogP contribution in [0.4, 0.5) is 5.82 Å². The maximum Gasteiger partial charge on any atom is 0.354 e. The smallest absolute Gasteiger partial charge is 0.354 e. The van der Waals surface area contributed by atoms with Crippen LogP contribution in [-0.2, 0) is 0 Å². The van der Waals surface area contributed by atoms with Crippen molar-refractivity contribution in [3.05, 3.63) is 17.6 Å². The number of aromatic carboxylic acids is 1. The standard InChI is InChI=1S/C13H20N4O2/c1-16(2)11-7-10(13(18)19)14-12(15-11)9-5-4-6-17(3)8-9/h7,9H,4-6,8H2,1-3H3,(H,18,19). The minimum Gasteiger partial charge on any atom is -0.477 e. The first-order chi connectivity index (χ1) is 8.97. The van der Waals surface area contributed by atoms with Crippen molar-refractivity contribution in [3.63, 3.8) is 0 Å². The third-order valence-electron chi connectivity index (χ3n) is 3.40. The van der Waals surface area contributed by atoms with Crippen molar-refractivity contribution in [2.45, 2.75) is 18.8 Å². The first kappa shape index (κ1) is 13.7. The number of likely N-dealkylation sites (tertiary alicyclic amines) is 1. The lowest BCUT2D eigenvalue weighted by atomic mass is 9.97. The molecule has 0 radical (unpaired) electrons. The monoisotopic (exact) mass is 264 g/mol. The van der Waals surface area contributed by atoms with Crippen molar-refractivity contribution in [2.75, 3.05) is 39.1 Å². The zero-order chi connectivity index (χ0) is 14.0. The SMILES string of the molecule is CN1CCCC(c2nc(C(=O)O)cc(N(C)C)n2)C1. The summed E-state index contributed by atoms with van der Waals surface area (Å²) in [6, 6.07) is 1.51. The van der Waals surface area contributed by atoms with Gasteiger partial charge in [0, 0.05) is 32.6 Å². The van der Waals surface area contributed by atoms with E-state index in [4.69, 9.17) is 5.11 Å². The summed E-state index contributed by atoms with van der Waals surface area (Å²) >= 11 is 0. The molecule has 2 rings (SSSR count). The second-order valence-corrected chi connectivity index (χ2v) is 5.27. The average molecular weight is 264 g/mol. The molecular weight excluding hydrogens is 244 g/mol. The summed E-state index contributed by atoms with van der Waals surface area (Å²) in [5.74, 6) is 0.512. The fourth-order valence-corrected chi connectivity index (χ4v) is 2.35. The van der Waals surface area contributed by atoms with E-state index >= 15 is 0 Å². The van der Waals surface area contributed by atoms with Crippen LogP contribution in [0, 0.1) is 0 Å². The highest BCUT2D eigenvalue weighted by Gasteiger charge is 2.23. The first-order valence-electron chi connectivity index (χ1n) is 6.45. The Labute approximate surface area is 113 Å². The number of hydrogen-bond donors (Lipinski definition) is 1. The van der Waals surface area contributed by atoms with Gasteiger partial charge in [-0.05, 0) is 26.4 Å². The second kappa shape index (κ2) is 5.52. The van der Waals surface area contributed by atoms with E-state index in [2.05, 4.69) is 21.9 Å². The molecule has 19 heavy (non-hydrogen) atoms. The van der Waals surface area contributed by atoms with E-state index in [9.17, 15) is 4.79 Å². The molecule has 0 bridgehead atoms. The lowest BCUT2D eigenvalue weighted by molar-refractivity contribution is 0.0689. The number of aromatic nitrogens is 2. The third kappa shape index (κ3) is 3.20. The van der Waals surface area contributed by atoms with Crippen LogP contribution in [0.25, 0.3) is 0 Å². The summed E-state index contributed by atoms with van der Waals surface area (Å²) in [5, 5.41) is 9.15. The summed E-state index contributed by atoms with van der Waals surface area (Å²) in [5.41, 5.74) is 0.0712. The molecular formula is C13H20N4O2. The molecule has 1 aliphatic heterocycles. The Morgan fingerprint density at radius 1 is 1.47 bits per heavy atom. The van der Waals surface area contributed by atoms with Gasteiger partial charge in [0.05, 0.1) is 0 Å². The van der Waals surface area contributed by atoms with Gasteiger partial charge in [0.15, 0.2) is 5.69 Å². The van der Waals surface area contributed by atoms with Crippen LogP contribution in [0.1, 0.15) is 35.1 Å². The number of piperidine rings is 1. The fraction of sp³-hybridized carbons (Fsp3) is 0.615. The molecule has 6 nitrogen and oxygen atoms in total. The fourth-order valence-electron chi connectivity index (χ4n) is 2.35. The van der Waals surface area contributed by atoms with Crippen LogP contribution in [0.5, 0.6) is 0 Å². The maximum atomic E-state index is 11.2. The van der Waals surface area contributed by atoms with Gasteiger partial charge in [-0.3, -0.25) is 0 Å². The summed E-state index contributed by atoms with van der Waals surface area (Å²) in [4.78, 5) is 23.9. The predicted molar refractivity (Wildman–Crippen MR) is 72.8 cm³/mol. The van der Waals surface area contributed by atoms with Gasteiger partial charge < -0.3 is 14.9 Å². The summed E-state index contributed by atoms with van der Waals surface area (Å²) < 4.78 is 0. The number of nitrogens with zero attached hydrogens (tertiary/aromatic N) is 4. The Kier molecular flexibility index (Phi) is 3.99. The zero-order valence-corrected chi connectivity index (χ0v) is 11.6. The molecule has 0 spiro atoms.